The number of ether oxygens (including phenoxy) is 1. The molecule has 20 heavy (non-hydrogen) atoms. The van der Waals surface area contributed by atoms with Crippen molar-refractivity contribution in [3.8, 4) is 5.75 Å². The molecule has 2 aliphatic rings. The monoisotopic (exact) mass is 274 g/mol. The van der Waals surface area contributed by atoms with Crippen LogP contribution in [0.2, 0.25) is 0 Å². The number of carbonyl (C=O) groups excluding carboxylic acids is 1. The average Bonchev–Trinajstić information content (AvgIpc) is 2.76. The highest BCUT2D eigenvalue weighted by Crippen LogP contribution is 2.45. The summed E-state index contributed by atoms with van der Waals surface area (Å²) in [5.41, 5.74) is 6.82. The van der Waals surface area contributed by atoms with E-state index in [0.717, 1.165) is 50.1 Å². The van der Waals surface area contributed by atoms with Crippen molar-refractivity contribution < 1.29 is 9.53 Å². The Morgan fingerprint density at radius 1 is 1.40 bits per heavy atom. The number of carbonyl (C=O) groups is 1. The van der Waals surface area contributed by atoms with Gasteiger partial charge in [0.15, 0.2) is 0 Å². The Balaban J connectivity index is 1.84. The Morgan fingerprint density at radius 2 is 2.25 bits per heavy atom. The second-order valence-corrected chi connectivity index (χ2v) is 6.05. The van der Waals surface area contributed by atoms with Gasteiger partial charge in [0.1, 0.15) is 5.75 Å². The van der Waals surface area contributed by atoms with Gasteiger partial charge in [0.05, 0.1) is 12.5 Å². The Morgan fingerprint density at radius 3 is 3.00 bits per heavy atom. The zero-order valence-corrected chi connectivity index (χ0v) is 12.0. The lowest BCUT2D eigenvalue weighted by atomic mass is 9.71. The minimum atomic E-state index is -0.208. The molecule has 0 radical (unpaired) electrons. The maximum absolute atomic E-state index is 12.9. The summed E-state index contributed by atoms with van der Waals surface area (Å²) in [5, 5.41) is 0. The lowest BCUT2D eigenvalue weighted by Gasteiger charge is -2.35. The van der Waals surface area contributed by atoms with Crippen LogP contribution >= 0.6 is 0 Å². The van der Waals surface area contributed by atoms with Crippen LogP contribution in [-0.4, -0.2) is 25.6 Å². The molecular weight excluding hydrogens is 252 g/mol. The fraction of sp³-hybridized carbons (Fsp3) is 0.562. The van der Waals surface area contributed by atoms with Gasteiger partial charge in [-0.2, -0.15) is 0 Å². The standard InChI is InChI=1S/C16H22N2O2/c1-20-14-6-2-5-13(10-14)18-9-8-16(15(18)19)7-3-4-12(17)11-16/h2,5-6,10,12H,3-4,7-9,11,17H2,1H3. The summed E-state index contributed by atoms with van der Waals surface area (Å²) < 4.78 is 5.25. The summed E-state index contributed by atoms with van der Waals surface area (Å²) in [6.07, 6.45) is 4.87. The molecule has 1 saturated heterocycles. The second kappa shape index (κ2) is 5.09. The van der Waals surface area contributed by atoms with Gasteiger partial charge in [-0.3, -0.25) is 4.79 Å². The maximum atomic E-state index is 12.9. The van der Waals surface area contributed by atoms with Crippen molar-refractivity contribution in [3.05, 3.63) is 24.3 Å². The van der Waals surface area contributed by atoms with Gasteiger partial charge in [-0.05, 0) is 37.8 Å². The highest BCUT2D eigenvalue weighted by Gasteiger charge is 2.48. The summed E-state index contributed by atoms with van der Waals surface area (Å²) in [7, 11) is 1.65. The van der Waals surface area contributed by atoms with Gasteiger partial charge in [-0.15, -0.1) is 0 Å². The van der Waals surface area contributed by atoms with E-state index >= 15 is 0 Å². The van der Waals surface area contributed by atoms with Crippen molar-refractivity contribution in [1.29, 1.82) is 0 Å². The molecule has 3 rings (SSSR count). The number of anilines is 1. The lowest BCUT2D eigenvalue weighted by molar-refractivity contribution is -0.127. The number of amides is 1. The van der Waals surface area contributed by atoms with Crippen LogP contribution in [0.4, 0.5) is 5.69 Å². The molecule has 1 spiro atoms. The molecule has 0 aromatic heterocycles. The number of methoxy groups -OCH3 is 1. The van der Waals surface area contributed by atoms with E-state index in [9.17, 15) is 4.79 Å². The van der Waals surface area contributed by atoms with Crippen LogP contribution in [0.25, 0.3) is 0 Å². The van der Waals surface area contributed by atoms with Gasteiger partial charge in [-0.1, -0.05) is 12.5 Å². The Bertz CT molecular complexity index is 517. The Hall–Kier alpha value is -1.55. The van der Waals surface area contributed by atoms with Crippen molar-refractivity contribution in [2.75, 3.05) is 18.6 Å². The highest BCUT2D eigenvalue weighted by molar-refractivity contribution is 6.00. The third kappa shape index (κ3) is 2.18. The molecular formula is C16H22N2O2. The molecule has 2 atom stereocenters. The SMILES string of the molecule is COc1cccc(N2CCC3(CCCC(N)C3)C2=O)c1. The van der Waals surface area contributed by atoms with E-state index in [1.54, 1.807) is 7.11 Å². The molecule has 108 valence electrons. The molecule has 2 fully saturated rings. The van der Waals surface area contributed by atoms with E-state index < -0.39 is 0 Å². The van der Waals surface area contributed by atoms with Gasteiger partial charge >= 0.3 is 0 Å². The van der Waals surface area contributed by atoms with Crippen LogP contribution in [0.15, 0.2) is 24.3 Å². The number of nitrogens with zero attached hydrogens (tertiary/aromatic N) is 1. The molecule has 4 nitrogen and oxygen atoms in total. The topological polar surface area (TPSA) is 55.6 Å². The van der Waals surface area contributed by atoms with E-state index in [1.807, 2.05) is 29.2 Å². The van der Waals surface area contributed by atoms with Gasteiger partial charge in [0.2, 0.25) is 5.91 Å². The van der Waals surface area contributed by atoms with Gasteiger partial charge < -0.3 is 15.4 Å². The lowest BCUT2D eigenvalue weighted by Crippen LogP contribution is -2.42. The molecule has 4 heteroatoms. The van der Waals surface area contributed by atoms with Crippen LogP contribution in [0, 0.1) is 5.41 Å². The molecule has 0 bridgehead atoms. The number of rotatable bonds is 2. The quantitative estimate of drug-likeness (QED) is 0.900. The van der Waals surface area contributed by atoms with Crippen LogP contribution in [0.3, 0.4) is 0 Å². The van der Waals surface area contributed by atoms with Crippen molar-refractivity contribution in [2.45, 2.75) is 38.1 Å². The van der Waals surface area contributed by atoms with E-state index in [1.165, 1.54) is 0 Å². The van der Waals surface area contributed by atoms with E-state index in [2.05, 4.69) is 0 Å². The third-order valence-corrected chi connectivity index (χ3v) is 4.76. The molecule has 1 amide bonds. The van der Waals surface area contributed by atoms with Crippen LogP contribution in [0.5, 0.6) is 5.75 Å². The fourth-order valence-electron chi connectivity index (χ4n) is 3.68. The van der Waals surface area contributed by atoms with Crippen molar-refractivity contribution >= 4 is 11.6 Å². The van der Waals surface area contributed by atoms with Gasteiger partial charge in [0, 0.05) is 24.3 Å². The second-order valence-electron chi connectivity index (χ2n) is 6.05. The summed E-state index contributed by atoms with van der Waals surface area (Å²) in [6.45, 7) is 0.790. The first-order valence-electron chi connectivity index (χ1n) is 7.36. The first-order valence-corrected chi connectivity index (χ1v) is 7.36. The molecule has 1 heterocycles. The fourth-order valence-corrected chi connectivity index (χ4v) is 3.68. The predicted molar refractivity (Wildman–Crippen MR) is 78.8 cm³/mol. The average molecular weight is 274 g/mol. The molecule has 1 aliphatic heterocycles. The van der Waals surface area contributed by atoms with Gasteiger partial charge in [0.25, 0.3) is 0 Å². The maximum Gasteiger partial charge on any atom is 0.233 e. The number of benzene rings is 1. The van der Waals surface area contributed by atoms with Crippen LogP contribution in [-0.2, 0) is 4.79 Å². The normalized spacial score (nSPS) is 30.0. The first-order chi connectivity index (χ1) is 9.64. The van der Waals surface area contributed by atoms with E-state index in [0.29, 0.717) is 0 Å². The van der Waals surface area contributed by atoms with E-state index in [4.69, 9.17) is 10.5 Å². The number of nitrogens with two attached hydrogens (primary N) is 1. The Labute approximate surface area is 119 Å². The first kappa shape index (κ1) is 13.4. The summed E-state index contributed by atoms with van der Waals surface area (Å²) >= 11 is 0. The van der Waals surface area contributed by atoms with Crippen molar-refractivity contribution in [3.63, 3.8) is 0 Å². The minimum absolute atomic E-state index is 0.179. The molecule has 1 saturated carbocycles. The summed E-state index contributed by atoms with van der Waals surface area (Å²) in [5.74, 6) is 1.04. The number of hydrogen-bond acceptors (Lipinski definition) is 3. The molecule has 1 aromatic carbocycles. The third-order valence-electron chi connectivity index (χ3n) is 4.76. The highest BCUT2D eigenvalue weighted by atomic mass is 16.5. The molecule has 1 aromatic rings. The number of hydrogen-bond donors (Lipinski definition) is 1. The largest absolute Gasteiger partial charge is 0.497 e. The zero-order valence-electron chi connectivity index (χ0n) is 12.0. The predicted octanol–water partition coefficient (Wildman–Crippen LogP) is 2.32. The smallest absolute Gasteiger partial charge is 0.233 e. The molecule has 2 unspecified atom stereocenters. The van der Waals surface area contributed by atoms with Gasteiger partial charge in [-0.25, -0.2) is 0 Å². The zero-order chi connectivity index (χ0) is 14.2. The van der Waals surface area contributed by atoms with E-state index in [-0.39, 0.29) is 17.4 Å². The van der Waals surface area contributed by atoms with Crippen LogP contribution in [0.1, 0.15) is 32.1 Å². The summed E-state index contributed by atoms with van der Waals surface area (Å²) in [6, 6.07) is 7.91. The molecule has 1 aliphatic carbocycles. The summed E-state index contributed by atoms with van der Waals surface area (Å²) in [4.78, 5) is 14.8. The van der Waals surface area contributed by atoms with Crippen molar-refractivity contribution in [2.24, 2.45) is 11.1 Å². The molecule has 2 N–H and O–H groups in total. The van der Waals surface area contributed by atoms with Crippen LogP contribution < -0.4 is 15.4 Å². The Kier molecular flexibility index (Phi) is 3.42. The van der Waals surface area contributed by atoms with Crippen molar-refractivity contribution in [1.82, 2.24) is 0 Å². The minimum Gasteiger partial charge on any atom is -0.497 e.